The van der Waals surface area contributed by atoms with Gasteiger partial charge < -0.3 is 9.47 Å². The predicted molar refractivity (Wildman–Crippen MR) is 115 cm³/mol. The molecular formula is C20H27FN4O3S2. The van der Waals surface area contributed by atoms with Gasteiger partial charge in [0.15, 0.2) is 20.8 Å². The zero-order valence-electron chi connectivity index (χ0n) is 17.4. The molecule has 1 aliphatic heterocycles. The molecule has 2 heterocycles. The molecule has 0 radical (unpaired) electrons. The molecule has 7 nitrogen and oxygen atoms in total. The Labute approximate surface area is 181 Å². The lowest BCUT2D eigenvalue weighted by atomic mass is 10.2. The number of benzene rings is 1. The molecule has 1 atom stereocenters. The molecule has 10 heteroatoms. The standard InChI is InChI=1S/C20H27FN4O3S2/c1-4-24(15-9-10-30(27,28)13-15)18(26)12-29-20-23-22-19(25(20)11-14(2)3)16-7-5-6-8-17(16)21/h5-8,14-15H,4,9-13H2,1-3H3. The van der Waals surface area contributed by atoms with Gasteiger partial charge >= 0.3 is 0 Å². The van der Waals surface area contributed by atoms with E-state index in [4.69, 9.17) is 0 Å². The molecule has 0 saturated carbocycles. The van der Waals surface area contributed by atoms with E-state index in [1.54, 1.807) is 23.1 Å². The van der Waals surface area contributed by atoms with E-state index in [0.717, 1.165) is 0 Å². The summed E-state index contributed by atoms with van der Waals surface area (Å²) in [6.45, 7) is 6.99. The molecule has 30 heavy (non-hydrogen) atoms. The Kier molecular flexibility index (Phi) is 7.18. The first-order chi connectivity index (χ1) is 14.2. The van der Waals surface area contributed by atoms with Crippen LogP contribution in [-0.2, 0) is 21.2 Å². The first-order valence-corrected chi connectivity index (χ1v) is 12.8. The number of rotatable bonds is 8. The Bertz CT molecular complexity index is 1010. The highest BCUT2D eigenvalue weighted by atomic mass is 32.2. The van der Waals surface area contributed by atoms with Gasteiger partial charge in [-0.25, -0.2) is 12.8 Å². The van der Waals surface area contributed by atoms with Gasteiger partial charge in [-0.1, -0.05) is 37.7 Å². The van der Waals surface area contributed by atoms with Crippen molar-refractivity contribution in [1.29, 1.82) is 0 Å². The van der Waals surface area contributed by atoms with Crippen LogP contribution in [0, 0.1) is 11.7 Å². The van der Waals surface area contributed by atoms with Crippen LogP contribution >= 0.6 is 11.8 Å². The van der Waals surface area contributed by atoms with Crippen LogP contribution in [0.4, 0.5) is 4.39 Å². The first kappa shape index (κ1) is 22.7. The van der Waals surface area contributed by atoms with E-state index >= 15 is 0 Å². The van der Waals surface area contributed by atoms with Crippen LogP contribution in [0.1, 0.15) is 27.2 Å². The molecule has 1 aliphatic rings. The minimum absolute atomic E-state index is 0.0260. The van der Waals surface area contributed by atoms with Crippen molar-refractivity contribution < 1.29 is 17.6 Å². The van der Waals surface area contributed by atoms with Crippen molar-refractivity contribution >= 4 is 27.5 Å². The molecule has 0 aliphatic carbocycles. The van der Waals surface area contributed by atoms with Crippen molar-refractivity contribution in [3.05, 3.63) is 30.1 Å². The summed E-state index contributed by atoms with van der Waals surface area (Å²) >= 11 is 1.25. The normalized spacial score (nSPS) is 18.1. The van der Waals surface area contributed by atoms with Crippen LogP contribution in [0.3, 0.4) is 0 Å². The molecule has 0 N–H and O–H groups in total. The van der Waals surface area contributed by atoms with Crippen LogP contribution in [0.5, 0.6) is 0 Å². The zero-order valence-corrected chi connectivity index (χ0v) is 19.0. The molecule has 1 unspecified atom stereocenters. The zero-order chi connectivity index (χ0) is 21.9. The summed E-state index contributed by atoms with van der Waals surface area (Å²) in [4.78, 5) is 14.4. The maximum absolute atomic E-state index is 14.3. The first-order valence-electron chi connectivity index (χ1n) is 10.0. The van der Waals surface area contributed by atoms with Crippen LogP contribution < -0.4 is 0 Å². The van der Waals surface area contributed by atoms with Gasteiger partial charge in [-0.05, 0) is 31.4 Å². The third-order valence-corrected chi connectivity index (χ3v) is 7.72. The van der Waals surface area contributed by atoms with Gasteiger partial charge in [-0.3, -0.25) is 4.79 Å². The lowest BCUT2D eigenvalue weighted by Crippen LogP contribution is -2.42. The second kappa shape index (κ2) is 9.47. The highest BCUT2D eigenvalue weighted by Gasteiger charge is 2.34. The molecule has 164 valence electrons. The highest BCUT2D eigenvalue weighted by molar-refractivity contribution is 7.99. The smallest absolute Gasteiger partial charge is 0.233 e. The molecular weight excluding hydrogens is 427 g/mol. The fourth-order valence-electron chi connectivity index (χ4n) is 3.64. The number of nitrogens with zero attached hydrogens (tertiary/aromatic N) is 4. The van der Waals surface area contributed by atoms with Crippen molar-refractivity contribution in [3.63, 3.8) is 0 Å². The molecule has 0 bridgehead atoms. The minimum atomic E-state index is -3.07. The Hall–Kier alpha value is -1.94. The highest BCUT2D eigenvalue weighted by Crippen LogP contribution is 2.27. The summed E-state index contributed by atoms with van der Waals surface area (Å²) in [7, 11) is -3.07. The fraction of sp³-hybridized carbons (Fsp3) is 0.550. The largest absolute Gasteiger partial charge is 0.338 e. The number of aromatic nitrogens is 3. The van der Waals surface area contributed by atoms with Crippen molar-refractivity contribution in [2.24, 2.45) is 5.92 Å². The van der Waals surface area contributed by atoms with Crippen molar-refractivity contribution in [1.82, 2.24) is 19.7 Å². The fourth-order valence-corrected chi connectivity index (χ4v) is 6.20. The summed E-state index contributed by atoms with van der Waals surface area (Å²) in [6.07, 6.45) is 0.480. The Morgan fingerprint density at radius 3 is 2.67 bits per heavy atom. The Balaban J connectivity index is 1.77. The number of hydrogen-bond acceptors (Lipinski definition) is 6. The Morgan fingerprint density at radius 2 is 2.07 bits per heavy atom. The van der Waals surface area contributed by atoms with Crippen molar-refractivity contribution in [3.8, 4) is 11.4 Å². The number of amides is 1. The maximum Gasteiger partial charge on any atom is 0.233 e. The van der Waals surface area contributed by atoms with Crippen molar-refractivity contribution in [2.75, 3.05) is 23.8 Å². The van der Waals surface area contributed by atoms with E-state index in [-0.39, 0.29) is 40.9 Å². The predicted octanol–water partition coefficient (Wildman–Crippen LogP) is 2.87. The van der Waals surface area contributed by atoms with Crippen LogP contribution in [0.25, 0.3) is 11.4 Å². The summed E-state index contributed by atoms with van der Waals surface area (Å²) in [5.74, 6) is 0.487. The van der Waals surface area contributed by atoms with Crippen LogP contribution in [0.15, 0.2) is 29.4 Å². The summed E-state index contributed by atoms with van der Waals surface area (Å²) in [5.41, 5.74) is 0.371. The van der Waals surface area contributed by atoms with E-state index in [1.807, 2.05) is 25.3 Å². The topological polar surface area (TPSA) is 85.2 Å². The van der Waals surface area contributed by atoms with E-state index in [1.165, 1.54) is 17.8 Å². The van der Waals surface area contributed by atoms with E-state index in [2.05, 4.69) is 10.2 Å². The molecule has 0 spiro atoms. The van der Waals surface area contributed by atoms with E-state index < -0.39 is 9.84 Å². The average molecular weight is 455 g/mol. The molecule has 1 fully saturated rings. The second-order valence-electron chi connectivity index (χ2n) is 7.82. The SMILES string of the molecule is CCN(C(=O)CSc1nnc(-c2ccccc2F)n1CC(C)C)C1CCS(=O)(=O)C1. The molecule has 3 rings (SSSR count). The monoisotopic (exact) mass is 454 g/mol. The van der Waals surface area contributed by atoms with Crippen LogP contribution in [0.2, 0.25) is 0 Å². The van der Waals surface area contributed by atoms with Crippen LogP contribution in [-0.4, -0.2) is 63.8 Å². The lowest BCUT2D eigenvalue weighted by molar-refractivity contribution is -0.129. The minimum Gasteiger partial charge on any atom is -0.338 e. The van der Waals surface area contributed by atoms with E-state index in [9.17, 15) is 17.6 Å². The Morgan fingerprint density at radius 1 is 1.33 bits per heavy atom. The molecule has 2 aromatic rings. The van der Waals surface area contributed by atoms with Gasteiger partial charge in [0.1, 0.15) is 5.82 Å². The number of carbonyl (C=O) groups is 1. The van der Waals surface area contributed by atoms with Gasteiger partial charge in [0, 0.05) is 19.1 Å². The summed E-state index contributed by atoms with van der Waals surface area (Å²) < 4.78 is 39.7. The molecule has 1 aromatic heterocycles. The average Bonchev–Trinajstić information content (AvgIpc) is 3.23. The third kappa shape index (κ3) is 5.21. The summed E-state index contributed by atoms with van der Waals surface area (Å²) in [5, 5.41) is 8.94. The molecule has 1 aromatic carbocycles. The van der Waals surface area contributed by atoms with Gasteiger partial charge in [-0.15, -0.1) is 10.2 Å². The van der Waals surface area contributed by atoms with Gasteiger partial charge in [0.05, 0.1) is 22.8 Å². The molecule has 1 amide bonds. The third-order valence-electron chi connectivity index (χ3n) is 5.01. The molecule has 1 saturated heterocycles. The number of carbonyl (C=O) groups excluding carboxylic acids is 1. The van der Waals surface area contributed by atoms with Gasteiger partial charge in [-0.2, -0.15) is 0 Å². The maximum atomic E-state index is 14.3. The van der Waals surface area contributed by atoms with Crippen molar-refractivity contribution in [2.45, 2.75) is 44.9 Å². The van der Waals surface area contributed by atoms with E-state index in [0.29, 0.717) is 36.1 Å². The lowest BCUT2D eigenvalue weighted by Gasteiger charge is -2.26. The summed E-state index contributed by atoms with van der Waals surface area (Å²) in [6, 6.07) is 6.15. The van der Waals surface area contributed by atoms with Gasteiger partial charge in [0.25, 0.3) is 0 Å². The second-order valence-corrected chi connectivity index (χ2v) is 11.0. The quantitative estimate of drug-likeness (QED) is 0.570. The van der Waals surface area contributed by atoms with Gasteiger partial charge in [0.2, 0.25) is 5.91 Å². The number of thioether (sulfide) groups is 1. The number of sulfone groups is 1. The number of halogens is 1. The number of hydrogen-bond donors (Lipinski definition) is 0.